The van der Waals surface area contributed by atoms with E-state index in [4.69, 9.17) is 9.05 Å². The van der Waals surface area contributed by atoms with E-state index in [1.807, 2.05) is 27.2 Å². The molecule has 0 aliphatic heterocycles. The summed E-state index contributed by atoms with van der Waals surface area (Å²) in [5, 5.41) is 13.6. The zero-order valence-corrected chi connectivity index (χ0v) is 38.1. The Morgan fingerprint density at radius 2 is 1.07 bits per heavy atom. The van der Waals surface area contributed by atoms with Crippen LogP contribution in [0.4, 0.5) is 0 Å². The number of phosphoric ester groups is 1. The summed E-state index contributed by atoms with van der Waals surface area (Å²) >= 11 is 0. The number of rotatable bonds is 38. The molecule has 330 valence electrons. The van der Waals surface area contributed by atoms with Crippen LogP contribution in [0.15, 0.2) is 109 Å². The van der Waals surface area contributed by atoms with Gasteiger partial charge in [0.15, 0.2) is 0 Å². The highest BCUT2D eigenvalue weighted by Crippen LogP contribution is 2.38. The van der Waals surface area contributed by atoms with Crippen molar-refractivity contribution in [1.29, 1.82) is 0 Å². The Balaban J connectivity index is 4.19. The predicted octanol–water partition coefficient (Wildman–Crippen LogP) is 11.9. The van der Waals surface area contributed by atoms with E-state index in [-0.39, 0.29) is 12.5 Å². The van der Waals surface area contributed by atoms with Gasteiger partial charge in [-0.2, -0.15) is 0 Å². The molecule has 0 bridgehead atoms. The molecule has 0 spiro atoms. The Labute approximate surface area is 355 Å². The van der Waals surface area contributed by atoms with E-state index < -0.39 is 26.6 Å². The average molecular weight is 827 g/mol. The summed E-state index contributed by atoms with van der Waals surface area (Å²) in [6.07, 6.45) is 57.4. The summed E-state index contributed by atoms with van der Waals surface area (Å²) in [4.78, 5) is 25.2. The smallest absolute Gasteiger partial charge is 0.268 e. The van der Waals surface area contributed by atoms with Gasteiger partial charge in [0, 0.05) is 6.42 Å². The van der Waals surface area contributed by atoms with E-state index in [1.165, 1.54) is 19.3 Å². The molecule has 3 unspecified atom stereocenters. The van der Waals surface area contributed by atoms with Gasteiger partial charge in [-0.05, 0) is 83.5 Å². The number of carbonyl (C=O) groups is 1. The van der Waals surface area contributed by atoms with Gasteiger partial charge in [-0.3, -0.25) is 9.36 Å². The molecule has 8 nitrogen and oxygen atoms in total. The first-order valence-electron chi connectivity index (χ1n) is 22.2. The monoisotopic (exact) mass is 827 g/mol. The molecule has 58 heavy (non-hydrogen) atoms. The molecule has 0 saturated heterocycles. The van der Waals surface area contributed by atoms with Crippen molar-refractivity contribution < 1.29 is 32.9 Å². The highest BCUT2D eigenvalue weighted by atomic mass is 31.2. The highest BCUT2D eigenvalue weighted by molar-refractivity contribution is 7.45. The van der Waals surface area contributed by atoms with Gasteiger partial charge in [-0.25, -0.2) is 0 Å². The lowest BCUT2D eigenvalue weighted by Gasteiger charge is -2.29. The summed E-state index contributed by atoms with van der Waals surface area (Å²) < 4.78 is 23.0. The van der Waals surface area contributed by atoms with Crippen LogP contribution in [0, 0.1) is 0 Å². The number of allylic oxidation sites excluding steroid dienone is 17. The van der Waals surface area contributed by atoms with E-state index in [2.05, 4.69) is 116 Å². The van der Waals surface area contributed by atoms with Crippen LogP contribution in [0.3, 0.4) is 0 Å². The first-order chi connectivity index (χ1) is 28.0. The third kappa shape index (κ3) is 41.3. The molecule has 0 radical (unpaired) electrons. The van der Waals surface area contributed by atoms with Crippen molar-refractivity contribution in [2.24, 2.45) is 0 Å². The number of nitrogens with one attached hydrogen (secondary N) is 1. The Bertz CT molecular complexity index is 1300. The number of hydrogen-bond donors (Lipinski definition) is 2. The van der Waals surface area contributed by atoms with Crippen LogP contribution >= 0.6 is 7.82 Å². The van der Waals surface area contributed by atoms with E-state index in [9.17, 15) is 19.4 Å². The number of amides is 1. The second-order valence-electron chi connectivity index (χ2n) is 15.7. The van der Waals surface area contributed by atoms with Crippen molar-refractivity contribution in [3.05, 3.63) is 109 Å². The first-order valence-corrected chi connectivity index (χ1v) is 23.7. The van der Waals surface area contributed by atoms with Gasteiger partial charge < -0.3 is 28.8 Å². The summed E-state index contributed by atoms with van der Waals surface area (Å²) in [5.41, 5.74) is 0. The van der Waals surface area contributed by atoms with Crippen LogP contribution in [0.25, 0.3) is 0 Å². The first kappa shape index (κ1) is 55.2. The zero-order chi connectivity index (χ0) is 42.8. The number of nitrogens with zero attached hydrogens (tertiary/aromatic N) is 1. The van der Waals surface area contributed by atoms with Gasteiger partial charge >= 0.3 is 0 Å². The summed E-state index contributed by atoms with van der Waals surface area (Å²) in [5.74, 6) is -0.231. The third-order valence-corrected chi connectivity index (χ3v) is 9.91. The van der Waals surface area contributed by atoms with Crippen LogP contribution in [-0.2, 0) is 18.4 Å². The molecule has 3 atom stereocenters. The van der Waals surface area contributed by atoms with Crippen LogP contribution in [0.1, 0.15) is 142 Å². The average Bonchev–Trinajstić information content (AvgIpc) is 3.17. The highest BCUT2D eigenvalue weighted by Gasteiger charge is 2.23. The maximum atomic E-state index is 12.8. The Kier molecular flexibility index (Phi) is 37.7. The molecule has 0 saturated carbocycles. The fourth-order valence-electron chi connectivity index (χ4n) is 5.45. The molecule has 0 aliphatic rings. The second kappa shape index (κ2) is 39.6. The number of likely N-dealkylation sites (N-methyl/N-ethyl adjacent to an activating group) is 1. The van der Waals surface area contributed by atoms with E-state index in [0.717, 1.165) is 103 Å². The van der Waals surface area contributed by atoms with Crippen molar-refractivity contribution in [2.75, 3.05) is 40.9 Å². The Morgan fingerprint density at radius 3 is 1.59 bits per heavy atom. The fraction of sp³-hybridized carbons (Fsp3) is 0.612. The predicted molar refractivity (Wildman–Crippen MR) is 246 cm³/mol. The van der Waals surface area contributed by atoms with Crippen LogP contribution in [-0.4, -0.2) is 68.5 Å². The molecule has 9 heteroatoms. The Morgan fingerprint density at radius 1 is 0.621 bits per heavy atom. The van der Waals surface area contributed by atoms with Crippen molar-refractivity contribution in [3.8, 4) is 0 Å². The van der Waals surface area contributed by atoms with E-state index in [0.29, 0.717) is 17.4 Å². The van der Waals surface area contributed by atoms with Gasteiger partial charge in [-0.15, -0.1) is 0 Å². The molecule has 0 aromatic rings. The lowest BCUT2D eigenvalue weighted by atomic mass is 10.1. The summed E-state index contributed by atoms with van der Waals surface area (Å²) in [7, 11) is 1.21. The largest absolute Gasteiger partial charge is 0.756 e. The van der Waals surface area contributed by atoms with E-state index in [1.54, 1.807) is 6.08 Å². The number of phosphoric acid groups is 1. The van der Waals surface area contributed by atoms with Crippen molar-refractivity contribution in [1.82, 2.24) is 5.32 Å². The number of aliphatic hydroxyl groups excluding tert-OH is 1. The molecule has 1 amide bonds. The maximum Gasteiger partial charge on any atom is 0.268 e. The maximum absolute atomic E-state index is 12.8. The fourth-order valence-corrected chi connectivity index (χ4v) is 6.17. The minimum atomic E-state index is -4.60. The van der Waals surface area contributed by atoms with E-state index >= 15 is 0 Å². The standard InChI is InChI=1S/C49H83N2O6P/c1-6-8-10-12-14-15-16-17-18-19-20-21-22-23-24-25-26-27-28-29-30-31-32-33-34-35-37-39-41-43-49(53)50-47(48(52)42-40-38-36-13-11-9-7-2)46-57-58(54,55)56-45-44-51(3,4)5/h8,10-11,13-15,17-18,20-21,23-24,26-27,29-30,40,42,47-48,52H,6-7,9,12,16,19,22,25,28,31-39,41,43-46H2,1-5H3,(H-,50,53,54,55)/b10-8-,13-11+,15-14-,18-17-,21-20-,24-23-,27-26-,30-29-,42-40+. The van der Waals surface area contributed by atoms with Crippen molar-refractivity contribution in [3.63, 3.8) is 0 Å². The minimum Gasteiger partial charge on any atom is -0.756 e. The SMILES string of the molecule is CC/C=C\C/C=C\C/C=C\C/C=C\C/C=C\C/C=C\C/C=C\CCCCCCCCCC(=O)NC(COP(=O)([O-])OCC[N+](C)(C)C)C(O)/C=C/CC/C=C/CCC. The molecule has 2 N–H and O–H groups in total. The number of unbranched alkanes of at least 4 members (excludes halogenated alkanes) is 9. The zero-order valence-electron chi connectivity index (χ0n) is 37.2. The topological polar surface area (TPSA) is 108 Å². The number of carbonyl (C=O) groups excluding carboxylic acids is 1. The molecule has 0 aromatic heterocycles. The molecule has 0 heterocycles. The van der Waals surface area contributed by atoms with Gasteiger partial charge in [0.05, 0.1) is 39.9 Å². The van der Waals surface area contributed by atoms with Crippen molar-refractivity contribution in [2.45, 2.75) is 154 Å². The van der Waals surface area contributed by atoms with Crippen LogP contribution in [0.2, 0.25) is 0 Å². The lowest BCUT2D eigenvalue weighted by Crippen LogP contribution is -2.45. The normalized spacial score (nSPS) is 15.4. The van der Waals surface area contributed by atoms with Gasteiger partial charge in [0.25, 0.3) is 7.82 Å². The molecular formula is C49H83N2O6P. The number of quaternary nitrogens is 1. The van der Waals surface area contributed by atoms with Crippen LogP contribution < -0.4 is 10.2 Å². The quantitative estimate of drug-likeness (QED) is 0.0278. The summed E-state index contributed by atoms with van der Waals surface area (Å²) in [6, 6.07) is -0.914. The molecule has 0 aromatic carbocycles. The molecule has 0 rings (SSSR count). The number of hydrogen-bond acceptors (Lipinski definition) is 6. The lowest BCUT2D eigenvalue weighted by molar-refractivity contribution is -0.870. The van der Waals surface area contributed by atoms with Gasteiger partial charge in [-0.1, -0.05) is 162 Å². The van der Waals surface area contributed by atoms with Gasteiger partial charge in [0.1, 0.15) is 13.2 Å². The third-order valence-electron chi connectivity index (χ3n) is 8.95. The molecular weight excluding hydrogens is 744 g/mol. The van der Waals surface area contributed by atoms with Gasteiger partial charge in [0.2, 0.25) is 5.91 Å². The number of aliphatic hydroxyl groups is 1. The van der Waals surface area contributed by atoms with Crippen LogP contribution in [0.5, 0.6) is 0 Å². The molecule has 0 aliphatic carbocycles. The van der Waals surface area contributed by atoms with Crippen molar-refractivity contribution >= 4 is 13.7 Å². The Hall–Kier alpha value is -2.84. The minimum absolute atomic E-state index is 0.0158. The second-order valence-corrected chi connectivity index (χ2v) is 17.1. The molecule has 0 fully saturated rings. The summed E-state index contributed by atoms with van der Waals surface area (Å²) in [6.45, 7) is 4.35.